The van der Waals surface area contributed by atoms with Gasteiger partial charge in [-0.1, -0.05) is 36.4 Å². The maximum atomic E-state index is 13.1. The minimum absolute atomic E-state index is 0.0242. The van der Waals surface area contributed by atoms with Crippen LogP contribution in [-0.4, -0.2) is 15.7 Å². The first-order valence-corrected chi connectivity index (χ1v) is 11.3. The normalized spacial score (nSPS) is 15.5. The molecule has 178 valence electrons. The first-order valence-electron chi connectivity index (χ1n) is 11.3. The Labute approximate surface area is 200 Å². The fourth-order valence-electron chi connectivity index (χ4n) is 4.50. The second kappa shape index (κ2) is 8.94. The van der Waals surface area contributed by atoms with Crippen molar-refractivity contribution in [2.75, 3.05) is 5.73 Å². The van der Waals surface area contributed by atoms with Gasteiger partial charge in [-0.2, -0.15) is 18.3 Å². The number of amides is 1. The minimum Gasteiger partial charge on any atom is -0.384 e. The summed E-state index contributed by atoms with van der Waals surface area (Å²) < 4.78 is 40.7. The van der Waals surface area contributed by atoms with E-state index in [2.05, 4.69) is 22.5 Å². The van der Waals surface area contributed by atoms with Crippen molar-refractivity contribution in [3.05, 3.63) is 101 Å². The van der Waals surface area contributed by atoms with E-state index in [1.54, 1.807) is 30.3 Å². The van der Waals surface area contributed by atoms with Crippen LogP contribution in [0.15, 0.2) is 78.9 Å². The van der Waals surface area contributed by atoms with E-state index in [9.17, 15) is 18.0 Å². The Balaban J connectivity index is 1.34. The molecule has 4 aromatic rings. The van der Waals surface area contributed by atoms with Crippen LogP contribution in [0.1, 0.15) is 45.9 Å². The number of hydrogen-bond acceptors (Lipinski definition) is 3. The molecule has 0 spiro atoms. The molecule has 1 atom stereocenters. The molecule has 1 heterocycles. The van der Waals surface area contributed by atoms with Gasteiger partial charge in [-0.3, -0.25) is 4.79 Å². The average Bonchev–Trinajstić information content (AvgIpc) is 3.25. The van der Waals surface area contributed by atoms with Crippen molar-refractivity contribution in [1.82, 2.24) is 15.1 Å². The van der Waals surface area contributed by atoms with Gasteiger partial charge in [-0.15, -0.1) is 0 Å². The molecule has 0 unspecified atom stereocenters. The minimum atomic E-state index is -4.44. The molecular formula is C27H23F3N4O. The molecule has 1 aromatic heterocycles. The third-order valence-corrected chi connectivity index (χ3v) is 6.27. The molecule has 1 amide bonds. The number of nitrogens with one attached hydrogen (secondary N) is 1. The number of rotatable bonds is 4. The van der Waals surface area contributed by atoms with Gasteiger partial charge in [0, 0.05) is 17.2 Å². The lowest BCUT2D eigenvalue weighted by Crippen LogP contribution is -2.30. The molecule has 0 bridgehead atoms. The first-order chi connectivity index (χ1) is 16.8. The Kier molecular flexibility index (Phi) is 5.80. The zero-order chi connectivity index (χ0) is 24.6. The highest BCUT2D eigenvalue weighted by atomic mass is 19.4. The number of halogens is 3. The SMILES string of the molecule is Nc1cc(-c2cccc(C(F)(F)F)c2)nn1-c1ccc(C(=O)N[C@@H]2CCCc3ccccc32)cc1. The number of nitrogens with zero attached hydrogens (tertiary/aromatic N) is 2. The van der Waals surface area contributed by atoms with Crippen LogP contribution >= 0.6 is 0 Å². The van der Waals surface area contributed by atoms with E-state index < -0.39 is 11.7 Å². The van der Waals surface area contributed by atoms with Gasteiger partial charge in [0.25, 0.3) is 5.91 Å². The molecule has 0 radical (unpaired) electrons. The van der Waals surface area contributed by atoms with Crippen LogP contribution in [0.3, 0.4) is 0 Å². The van der Waals surface area contributed by atoms with E-state index in [0.717, 1.165) is 37.0 Å². The molecule has 0 saturated carbocycles. The quantitative estimate of drug-likeness (QED) is 0.382. The number of anilines is 1. The van der Waals surface area contributed by atoms with E-state index in [0.29, 0.717) is 22.5 Å². The Morgan fingerprint density at radius 1 is 1.00 bits per heavy atom. The lowest BCUT2D eigenvalue weighted by Gasteiger charge is -2.26. The number of alkyl halides is 3. The van der Waals surface area contributed by atoms with Crippen molar-refractivity contribution in [2.24, 2.45) is 0 Å². The fourth-order valence-corrected chi connectivity index (χ4v) is 4.50. The van der Waals surface area contributed by atoms with E-state index >= 15 is 0 Å². The molecule has 35 heavy (non-hydrogen) atoms. The van der Waals surface area contributed by atoms with Crippen LogP contribution in [0.25, 0.3) is 16.9 Å². The Bertz CT molecular complexity index is 1380. The first kappa shape index (κ1) is 22.7. The molecule has 5 rings (SSSR count). The molecule has 1 aliphatic carbocycles. The van der Waals surface area contributed by atoms with E-state index in [-0.39, 0.29) is 17.8 Å². The highest BCUT2D eigenvalue weighted by molar-refractivity contribution is 5.94. The van der Waals surface area contributed by atoms with Crippen LogP contribution in [0, 0.1) is 0 Å². The van der Waals surface area contributed by atoms with Gasteiger partial charge in [0.2, 0.25) is 0 Å². The number of aromatic nitrogens is 2. The molecule has 3 N–H and O–H groups in total. The molecule has 5 nitrogen and oxygen atoms in total. The third kappa shape index (κ3) is 4.64. The predicted molar refractivity (Wildman–Crippen MR) is 128 cm³/mol. The summed E-state index contributed by atoms with van der Waals surface area (Å²) in [7, 11) is 0. The number of carbonyl (C=O) groups excluding carboxylic acids is 1. The fraction of sp³-hybridized carbons (Fsp3) is 0.185. The summed E-state index contributed by atoms with van der Waals surface area (Å²) in [6, 6.07) is 21.4. The summed E-state index contributed by atoms with van der Waals surface area (Å²) in [4.78, 5) is 12.9. The lowest BCUT2D eigenvalue weighted by atomic mass is 9.87. The van der Waals surface area contributed by atoms with Gasteiger partial charge in [-0.05, 0) is 66.8 Å². The van der Waals surface area contributed by atoms with Crippen LogP contribution in [0.5, 0.6) is 0 Å². The van der Waals surface area contributed by atoms with Gasteiger partial charge in [0.1, 0.15) is 5.82 Å². The molecule has 1 aliphatic rings. The summed E-state index contributed by atoms with van der Waals surface area (Å²) in [6.45, 7) is 0. The topological polar surface area (TPSA) is 72.9 Å². The van der Waals surface area contributed by atoms with Gasteiger partial charge in [0.05, 0.1) is 23.0 Å². The number of fused-ring (bicyclic) bond motifs is 1. The summed E-state index contributed by atoms with van der Waals surface area (Å²) in [5.74, 6) is 0.102. The van der Waals surface area contributed by atoms with Crippen molar-refractivity contribution < 1.29 is 18.0 Å². The Morgan fingerprint density at radius 3 is 2.54 bits per heavy atom. The van der Waals surface area contributed by atoms with E-state index in [1.807, 2.05) is 12.1 Å². The maximum Gasteiger partial charge on any atom is 0.416 e. The van der Waals surface area contributed by atoms with E-state index in [1.165, 1.54) is 22.4 Å². The summed E-state index contributed by atoms with van der Waals surface area (Å²) in [6.07, 6.45) is -1.51. The summed E-state index contributed by atoms with van der Waals surface area (Å²) in [5.41, 5.74) is 9.52. The summed E-state index contributed by atoms with van der Waals surface area (Å²) >= 11 is 0. The highest BCUT2D eigenvalue weighted by Crippen LogP contribution is 2.33. The van der Waals surface area contributed by atoms with Crippen molar-refractivity contribution in [3.8, 4) is 16.9 Å². The van der Waals surface area contributed by atoms with Crippen molar-refractivity contribution in [2.45, 2.75) is 31.5 Å². The number of carbonyl (C=O) groups is 1. The van der Waals surface area contributed by atoms with Crippen LogP contribution in [0.4, 0.5) is 19.0 Å². The lowest BCUT2D eigenvalue weighted by molar-refractivity contribution is -0.137. The van der Waals surface area contributed by atoms with Crippen LogP contribution < -0.4 is 11.1 Å². The highest BCUT2D eigenvalue weighted by Gasteiger charge is 2.30. The smallest absolute Gasteiger partial charge is 0.384 e. The molecule has 0 saturated heterocycles. The molecule has 0 fully saturated rings. The Morgan fingerprint density at radius 2 is 1.77 bits per heavy atom. The molecular weight excluding hydrogens is 453 g/mol. The molecule has 0 aliphatic heterocycles. The second-order valence-electron chi connectivity index (χ2n) is 8.61. The number of nitrogens with two attached hydrogens (primary N) is 1. The monoisotopic (exact) mass is 476 g/mol. The van der Waals surface area contributed by atoms with Gasteiger partial charge in [0.15, 0.2) is 0 Å². The largest absolute Gasteiger partial charge is 0.416 e. The van der Waals surface area contributed by atoms with Gasteiger partial charge >= 0.3 is 6.18 Å². The zero-order valence-corrected chi connectivity index (χ0v) is 18.7. The average molecular weight is 477 g/mol. The zero-order valence-electron chi connectivity index (χ0n) is 18.7. The van der Waals surface area contributed by atoms with E-state index in [4.69, 9.17) is 5.73 Å². The number of aryl methyl sites for hydroxylation is 1. The Hall–Kier alpha value is -4.07. The van der Waals surface area contributed by atoms with Gasteiger partial charge < -0.3 is 11.1 Å². The molecule has 8 heteroatoms. The van der Waals surface area contributed by atoms with Crippen LogP contribution in [0.2, 0.25) is 0 Å². The van der Waals surface area contributed by atoms with Crippen molar-refractivity contribution in [1.29, 1.82) is 0 Å². The predicted octanol–water partition coefficient (Wildman–Crippen LogP) is 5.95. The number of benzene rings is 3. The summed E-state index contributed by atoms with van der Waals surface area (Å²) in [5, 5.41) is 7.52. The maximum absolute atomic E-state index is 13.1. The standard InChI is InChI=1S/C27H23F3N4O/c28-27(29,30)20-8-3-7-19(15-20)24-16-25(31)34(33-24)21-13-11-18(12-14-21)26(35)32-23-10-4-6-17-5-1-2-9-22(17)23/h1-3,5,7-9,11-16,23H,4,6,10,31H2,(H,32,35)/t23-/m1/s1. The second-order valence-corrected chi connectivity index (χ2v) is 8.61. The van der Waals surface area contributed by atoms with Gasteiger partial charge in [-0.25, -0.2) is 4.68 Å². The number of hydrogen-bond donors (Lipinski definition) is 2. The molecule has 3 aromatic carbocycles. The number of nitrogen functional groups attached to an aromatic ring is 1. The third-order valence-electron chi connectivity index (χ3n) is 6.27. The van der Waals surface area contributed by atoms with Crippen molar-refractivity contribution >= 4 is 11.7 Å². The van der Waals surface area contributed by atoms with Crippen LogP contribution in [-0.2, 0) is 12.6 Å². The van der Waals surface area contributed by atoms with Crippen molar-refractivity contribution in [3.63, 3.8) is 0 Å².